The van der Waals surface area contributed by atoms with Crippen molar-refractivity contribution in [2.24, 2.45) is 5.92 Å². The molecule has 1 fully saturated rings. The summed E-state index contributed by atoms with van der Waals surface area (Å²) < 4.78 is 0. The second kappa shape index (κ2) is 7.95. The molecule has 2 amide bonds. The van der Waals surface area contributed by atoms with E-state index in [-0.39, 0.29) is 24.8 Å². The zero-order valence-corrected chi connectivity index (χ0v) is 14.1. The van der Waals surface area contributed by atoms with E-state index < -0.39 is 17.9 Å². The number of aliphatic carboxylic acids is 1. The number of nitrogens with zero attached hydrogens (tertiary/aromatic N) is 1. The van der Waals surface area contributed by atoms with Crippen LogP contribution in [0.4, 0.5) is 0 Å². The summed E-state index contributed by atoms with van der Waals surface area (Å²) in [5, 5.41) is 12.0. The van der Waals surface area contributed by atoms with Gasteiger partial charge in [-0.2, -0.15) is 0 Å². The summed E-state index contributed by atoms with van der Waals surface area (Å²) in [5.74, 6) is -1.68. The average molecular weight is 332 g/mol. The van der Waals surface area contributed by atoms with Crippen molar-refractivity contribution in [3.05, 3.63) is 35.4 Å². The van der Waals surface area contributed by atoms with E-state index in [0.29, 0.717) is 19.4 Å². The number of amides is 2. The van der Waals surface area contributed by atoms with E-state index in [0.717, 1.165) is 11.1 Å². The maximum absolute atomic E-state index is 12.6. The Balaban J connectivity index is 2.08. The SMILES string of the molecule is CC(=O)N[C@@H](CC(=O)N1CCC[C@@H](C(=O)O)C1)c1ccc(C)cc1. The molecule has 6 heteroatoms. The van der Waals surface area contributed by atoms with Gasteiger partial charge in [-0.15, -0.1) is 0 Å². The van der Waals surface area contributed by atoms with Crippen LogP contribution in [0.3, 0.4) is 0 Å². The molecule has 2 N–H and O–H groups in total. The smallest absolute Gasteiger partial charge is 0.308 e. The van der Waals surface area contributed by atoms with Gasteiger partial charge in [-0.3, -0.25) is 14.4 Å². The topological polar surface area (TPSA) is 86.7 Å². The largest absolute Gasteiger partial charge is 0.481 e. The van der Waals surface area contributed by atoms with Gasteiger partial charge in [-0.1, -0.05) is 29.8 Å². The van der Waals surface area contributed by atoms with Crippen molar-refractivity contribution in [2.45, 2.75) is 39.2 Å². The minimum absolute atomic E-state index is 0.125. The fourth-order valence-electron chi connectivity index (χ4n) is 3.01. The number of hydrogen-bond donors (Lipinski definition) is 2. The van der Waals surface area contributed by atoms with Crippen LogP contribution in [0.5, 0.6) is 0 Å². The molecule has 0 saturated carbocycles. The van der Waals surface area contributed by atoms with E-state index in [1.54, 1.807) is 4.90 Å². The second-order valence-electron chi connectivity index (χ2n) is 6.39. The molecule has 6 nitrogen and oxygen atoms in total. The molecular weight excluding hydrogens is 308 g/mol. The molecule has 1 aromatic rings. The monoisotopic (exact) mass is 332 g/mol. The van der Waals surface area contributed by atoms with Gasteiger partial charge >= 0.3 is 5.97 Å². The van der Waals surface area contributed by atoms with Crippen LogP contribution < -0.4 is 5.32 Å². The third-order valence-electron chi connectivity index (χ3n) is 4.36. The fourth-order valence-corrected chi connectivity index (χ4v) is 3.01. The Morgan fingerprint density at radius 2 is 1.96 bits per heavy atom. The first-order valence-electron chi connectivity index (χ1n) is 8.21. The summed E-state index contributed by atoms with van der Waals surface area (Å²) >= 11 is 0. The van der Waals surface area contributed by atoms with Crippen LogP contribution in [0.15, 0.2) is 24.3 Å². The highest BCUT2D eigenvalue weighted by molar-refractivity contribution is 5.80. The van der Waals surface area contributed by atoms with Crippen molar-refractivity contribution in [1.82, 2.24) is 10.2 Å². The number of carbonyl (C=O) groups excluding carboxylic acids is 2. The van der Waals surface area contributed by atoms with Crippen LogP contribution in [0.2, 0.25) is 0 Å². The van der Waals surface area contributed by atoms with Crippen molar-refractivity contribution in [1.29, 1.82) is 0 Å². The molecule has 2 rings (SSSR count). The third-order valence-corrected chi connectivity index (χ3v) is 4.36. The van der Waals surface area contributed by atoms with E-state index in [1.807, 2.05) is 31.2 Å². The first kappa shape index (κ1) is 18.0. The summed E-state index contributed by atoms with van der Waals surface area (Å²) in [6.45, 7) is 4.22. The zero-order chi connectivity index (χ0) is 17.7. The number of hydrogen-bond acceptors (Lipinski definition) is 3. The van der Waals surface area contributed by atoms with Gasteiger partial charge < -0.3 is 15.3 Å². The molecule has 1 saturated heterocycles. The molecule has 1 aromatic carbocycles. The van der Waals surface area contributed by atoms with Crippen LogP contribution in [-0.2, 0) is 14.4 Å². The van der Waals surface area contributed by atoms with Crippen LogP contribution in [-0.4, -0.2) is 40.9 Å². The maximum Gasteiger partial charge on any atom is 0.308 e. The highest BCUT2D eigenvalue weighted by atomic mass is 16.4. The molecule has 0 bridgehead atoms. The Labute approximate surface area is 141 Å². The van der Waals surface area contributed by atoms with E-state index in [2.05, 4.69) is 5.32 Å². The molecule has 0 spiro atoms. The van der Waals surface area contributed by atoms with Crippen LogP contribution >= 0.6 is 0 Å². The summed E-state index contributed by atoms with van der Waals surface area (Å²) in [6.07, 6.45) is 1.43. The van der Waals surface area contributed by atoms with Crippen LogP contribution in [0, 0.1) is 12.8 Å². The first-order valence-corrected chi connectivity index (χ1v) is 8.21. The minimum Gasteiger partial charge on any atom is -0.481 e. The van der Waals surface area contributed by atoms with Gasteiger partial charge in [0.2, 0.25) is 11.8 Å². The number of carboxylic acid groups (broad SMARTS) is 1. The predicted molar refractivity (Wildman–Crippen MR) is 89.3 cm³/mol. The molecule has 0 unspecified atom stereocenters. The van der Waals surface area contributed by atoms with Crippen molar-refractivity contribution in [3.8, 4) is 0 Å². The lowest BCUT2D eigenvalue weighted by Crippen LogP contribution is -2.43. The quantitative estimate of drug-likeness (QED) is 0.862. The van der Waals surface area contributed by atoms with Gasteiger partial charge in [0.05, 0.1) is 18.4 Å². The number of likely N-dealkylation sites (tertiary alicyclic amines) is 1. The molecule has 2 atom stereocenters. The van der Waals surface area contributed by atoms with Gasteiger partial charge in [-0.25, -0.2) is 0 Å². The van der Waals surface area contributed by atoms with Gasteiger partial charge in [0.25, 0.3) is 0 Å². The fraction of sp³-hybridized carbons (Fsp3) is 0.500. The number of benzene rings is 1. The first-order chi connectivity index (χ1) is 11.4. The average Bonchev–Trinajstić information content (AvgIpc) is 2.54. The van der Waals surface area contributed by atoms with Gasteiger partial charge in [-0.05, 0) is 25.3 Å². The molecule has 1 aliphatic rings. The maximum atomic E-state index is 12.6. The Morgan fingerprint density at radius 1 is 1.29 bits per heavy atom. The van der Waals surface area contributed by atoms with Crippen molar-refractivity contribution >= 4 is 17.8 Å². The lowest BCUT2D eigenvalue weighted by Gasteiger charge is -2.32. The number of aryl methyl sites for hydroxylation is 1. The lowest BCUT2D eigenvalue weighted by atomic mass is 9.96. The molecule has 1 heterocycles. The van der Waals surface area contributed by atoms with Gasteiger partial charge in [0.15, 0.2) is 0 Å². The lowest BCUT2D eigenvalue weighted by molar-refractivity contribution is -0.145. The molecule has 0 radical (unpaired) electrons. The zero-order valence-electron chi connectivity index (χ0n) is 14.1. The standard InChI is InChI=1S/C18H24N2O4/c1-12-5-7-14(8-6-12)16(19-13(2)21)10-17(22)20-9-3-4-15(11-20)18(23)24/h5-8,15-16H,3-4,9-11H2,1-2H3,(H,19,21)(H,23,24)/t15-,16+/m1/s1. The summed E-state index contributed by atoms with van der Waals surface area (Å²) in [6, 6.07) is 7.28. The van der Waals surface area contributed by atoms with Gasteiger partial charge in [0, 0.05) is 20.0 Å². The van der Waals surface area contributed by atoms with E-state index >= 15 is 0 Å². The van der Waals surface area contributed by atoms with E-state index in [4.69, 9.17) is 5.11 Å². The number of piperidine rings is 1. The Kier molecular flexibility index (Phi) is 5.95. The highest BCUT2D eigenvalue weighted by Gasteiger charge is 2.29. The summed E-state index contributed by atoms with van der Waals surface area (Å²) in [5.41, 5.74) is 1.97. The predicted octanol–water partition coefficient (Wildman–Crippen LogP) is 1.89. The van der Waals surface area contributed by atoms with Crippen LogP contribution in [0.1, 0.15) is 43.4 Å². The molecule has 0 aliphatic carbocycles. The van der Waals surface area contributed by atoms with E-state index in [1.165, 1.54) is 6.92 Å². The second-order valence-corrected chi connectivity index (χ2v) is 6.39. The number of rotatable bonds is 5. The van der Waals surface area contributed by atoms with E-state index in [9.17, 15) is 14.4 Å². The number of carboxylic acids is 1. The third kappa shape index (κ3) is 4.81. The van der Waals surface area contributed by atoms with Crippen molar-refractivity contribution in [3.63, 3.8) is 0 Å². The molecule has 24 heavy (non-hydrogen) atoms. The number of nitrogens with one attached hydrogen (secondary N) is 1. The van der Waals surface area contributed by atoms with Crippen molar-refractivity contribution < 1.29 is 19.5 Å². The Morgan fingerprint density at radius 3 is 2.54 bits per heavy atom. The van der Waals surface area contributed by atoms with Crippen molar-refractivity contribution in [2.75, 3.05) is 13.1 Å². The number of carbonyl (C=O) groups is 3. The summed E-state index contributed by atoms with van der Waals surface area (Å²) in [7, 11) is 0. The molecule has 1 aliphatic heterocycles. The summed E-state index contributed by atoms with van der Waals surface area (Å²) in [4.78, 5) is 36.8. The van der Waals surface area contributed by atoms with Gasteiger partial charge in [0.1, 0.15) is 0 Å². The Bertz CT molecular complexity index is 612. The van der Waals surface area contributed by atoms with Crippen LogP contribution in [0.25, 0.3) is 0 Å². The minimum atomic E-state index is -0.857. The normalized spacial score (nSPS) is 18.8. The molecule has 130 valence electrons. The highest BCUT2D eigenvalue weighted by Crippen LogP contribution is 2.22. The molecule has 0 aromatic heterocycles. The molecular formula is C18H24N2O4. The Hall–Kier alpha value is -2.37.